The standard InChI is InChI=1S/C22H20Cl2N6O2/c1-11-17-16(5-7-30(11)22(31)21-25-9-12(32-3)10-26-21)27-20-18(17)13(8-14(23)19(20)24)15-4-6-29(2)28-15/h4,6,8-11,27H,5,7H2,1-3H3/t11-/m0/s1. The van der Waals surface area contributed by atoms with Gasteiger partial charge in [0, 0.05) is 48.4 Å². The smallest absolute Gasteiger partial charge is 0.292 e. The molecule has 1 aliphatic rings. The lowest BCUT2D eigenvalue weighted by Gasteiger charge is -2.33. The molecular weight excluding hydrogens is 451 g/mol. The third-order valence-corrected chi connectivity index (χ3v) is 6.67. The summed E-state index contributed by atoms with van der Waals surface area (Å²) in [5.74, 6) is 0.394. The van der Waals surface area contributed by atoms with Gasteiger partial charge in [0.05, 0.1) is 46.8 Å². The van der Waals surface area contributed by atoms with Crippen molar-refractivity contribution in [1.29, 1.82) is 0 Å². The molecule has 1 N–H and O–H groups in total. The van der Waals surface area contributed by atoms with E-state index in [0.717, 1.165) is 33.4 Å². The lowest BCUT2D eigenvalue weighted by Crippen LogP contribution is -2.39. The number of methoxy groups -OCH3 is 1. The average molecular weight is 471 g/mol. The minimum absolute atomic E-state index is 0.131. The average Bonchev–Trinajstić information content (AvgIpc) is 3.40. The molecule has 4 aromatic rings. The monoisotopic (exact) mass is 470 g/mol. The molecule has 0 unspecified atom stereocenters. The highest BCUT2D eigenvalue weighted by Gasteiger charge is 2.34. The summed E-state index contributed by atoms with van der Waals surface area (Å²) < 4.78 is 6.83. The van der Waals surface area contributed by atoms with Gasteiger partial charge in [0.1, 0.15) is 0 Å². The van der Waals surface area contributed by atoms with E-state index < -0.39 is 0 Å². The first-order valence-electron chi connectivity index (χ1n) is 10.1. The minimum Gasteiger partial charge on any atom is -0.494 e. The molecule has 0 fully saturated rings. The summed E-state index contributed by atoms with van der Waals surface area (Å²) in [6.07, 6.45) is 5.51. The van der Waals surface area contributed by atoms with E-state index in [1.807, 2.05) is 32.3 Å². The summed E-state index contributed by atoms with van der Waals surface area (Å²) in [4.78, 5) is 26.8. The minimum atomic E-state index is -0.236. The van der Waals surface area contributed by atoms with Crippen molar-refractivity contribution in [3.05, 3.63) is 57.9 Å². The molecule has 0 saturated heterocycles. The zero-order valence-corrected chi connectivity index (χ0v) is 19.2. The maximum atomic E-state index is 13.2. The second kappa shape index (κ2) is 7.79. The van der Waals surface area contributed by atoms with Crippen LogP contribution in [0.3, 0.4) is 0 Å². The van der Waals surface area contributed by atoms with Crippen molar-refractivity contribution >= 4 is 40.0 Å². The Morgan fingerprint density at radius 1 is 1.28 bits per heavy atom. The number of ether oxygens (including phenoxy) is 1. The Balaban J connectivity index is 1.63. The van der Waals surface area contributed by atoms with Gasteiger partial charge in [-0.15, -0.1) is 0 Å². The van der Waals surface area contributed by atoms with E-state index in [0.29, 0.717) is 28.8 Å². The van der Waals surface area contributed by atoms with Gasteiger partial charge in [-0.2, -0.15) is 5.10 Å². The fourth-order valence-corrected chi connectivity index (χ4v) is 4.73. The Labute approximate surface area is 194 Å². The van der Waals surface area contributed by atoms with E-state index in [2.05, 4.69) is 20.1 Å². The van der Waals surface area contributed by atoms with Crippen LogP contribution < -0.4 is 4.74 Å². The predicted octanol–water partition coefficient (Wildman–Crippen LogP) is 4.43. The molecule has 0 aliphatic carbocycles. The molecular formula is C22H20Cl2N6O2. The van der Waals surface area contributed by atoms with E-state index in [1.54, 1.807) is 9.58 Å². The molecule has 10 heteroatoms. The van der Waals surface area contributed by atoms with Gasteiger partial charge in [0.15, 0.2) is 5.75 Å². The molecule has 0 bridgehead atoms. The van der Waals surface area contributed by atoms with Crippen LogP contribution >= 0.6 is 23.2 Å². The number of fused-ring (bicyclic) bond motifs is 3. The van der Waals surface area contributed by atoms with Crippen LogP contribution in [-0.4, -0.2) is 49.2 Å². The number of nitrogens with one attached hydrogen (secondary N) is 1. The number of nitrogens with zero attached hydrogens (tertiary/aromatic N) is 5. The fourth-order valence-electron chi connectivity index (χ4n) is 4.33. The van der Waals surface area contributed by atoms with Crippen molar-refractivity contribution in [2.75, 3.05) is 13.7 Å². The largest absolute Gasteiger partial charge is 0.494 e. The van der Waals surface area contributed by atoms with Gasteiger partial charge in [0.2, 0.25) is 5.82 Å². The lowest BCUT2D eigenvalue weighted by atomic mass is 9.93. The van der Waals surface area contributed by atoms with E-state index in [1.165, 1.54) is 19.5 Å². The summed E-state index contributed by atoms with van der Waals surface area (Å²) in [6, 6.07) is 3.54. The first kappa shape index (κ1) is 20.8. The Hall–Kier alpha value is -3.10. The first-order chi connectivity index (χ1) is 15.4. The molecule has 8 nitrogen and oxygen atoms in total. The zero-order valence-electron chi connectivity index (χ0n) is 17.7. The highest BCUT2D eigenvalue weighted by molar-refractivity contribution is 6.45. The molecule has 164 valence electrons. The van der Waals surface area contributed by atoms with Gasteiger partial charge in [-0.1, -0.05) is 23.2 Å². The first-order valence-corrected chi connectivity index (χ1v) is 10.8. The molecule has 32 heavy (non-hydrogen) atoms. The number of benzene rings is 1. The maximum absolute atomic E-state index is 13.2. The SMILES string of the molecule is COc1cnc(C(=O)N2CCc3[nH]c4c(Cl)c(Cl)cc(-c5ccn(C)n5)c4c3[C@@H]2C)nc1. The molecule has 0 radical (unpaired) electrons. The summed E-state index contributed by atoms with van der Waals surface area (Å²) in [6.45, 7) is 2.52. The van der Waals surface area contributed by atoms with Gasteiger partial charge in [0.25, 0.3) is 5.91 Å². The van der Waals surface area contributed by atoms with E-state index in [9.17, 15) is 4.79 Å². The summed E-state index contributed by atoms with van der Waals surface area (Å²) in [5, 5.41) is 6.39. The van der Waals surface area contributed by atoms with Gasteiger partial charge >= 0.3 is 0 Å². The number of halogens is 2. The Morgan fingerprint density at radius 2 is 2.03 bits per heavy atom. The number of hydrogen-bond donors (Lipinski definition) is 1. The van der Waals surface area contributed by atoms with Crippen LogP contribution in [0.2, 0.25) is 10.0 Å². The molecule has 0 spiro atoms. The lowest BCUT2D eigenvalue weighted by molar-refractivity contribution is 0.0665. The van der Waals surface area contributed by atoms with Crippen molar-refractivity contribution in [3.63, 3.8) is 0 Å². The van der Waals surface area contributed by atoms with Crippen LogP contribution in [0.25, 0.3) is 22.2 Å². The van der Waals surface area contributed by atoms with Gasteiger partial charge in [-0.3, -0.25) is 9.48 Å². The Kier molecular flexibility index (Phi) is 5.06. The molecule has 1 amide bonds. The van der Waals surface area contributed by atoms with Crippen molar-refractivity contribution in [1.82, 2.24) is 29.6 Å². The molecule has 1 aromatic carbocycles. The maximum Gasteiger partial charge on any atom is 0.292 e. The molecule has 5 rings (SSSR count). The van der Waals surface area contributed by atoms with Crippen LogP contribution in [0.5, 0.6) is 5.75 Å². The van der Waals surface area contributed by atoms with Crippen LogP contribution in [0.1, 0.15) is 34.8 Å². The molecule has 1 aliphatic heterocycles. The van der Waals surface area contributed by atoms with E-state index in [4.69, 9.17) is 27.9 Å². The number of hydrogen-bond acceptors (Lipinski definition) is 5. The third kappa shape index (κ3) is 3.22. The summed E-state index contributed by atoms with van der Waals surface area (Å²) >= 11 is 13.0. The van der Waals surface area contributed by atoms with Gasteiger partial charge in [-0.25, -0.2) is 9.97 Å². The number of aryl methyl sites for hydroxylation is 1. The molecule has 1 atom stereocenters. The topological polar surface area (TPSA) is 88.9 Å². The van der Waals surface area contributed by atoms with Crippen molar-refractivity contribution in [2.24, 2.45) is 7.05 Å². The third-order valence-electron chi connectivity index (χ3n) is 5.88. The highest BCUT2D eigenvalue weighted by atomic mass is 35.5. The number of aromatic nitrogens is 5. The Bertz CT molecular complexity index is 1340. The normalized spacial score (nSPS) is 15.8. The van der Waals surface area contributed by atoms with Crippen molar-refractivity contribution in [3.8, 4) is 17.0 Å². The Morgan fingerprint density at radius 3 is 2.69 bits per heavy atom. The second-order valence-corrected chi connectivity index (χ2v) is 8.52. The van der Waals surface area contributed by atoms with Crippen LogP contribution in [0, 0.1) is 0 Å². The van der Waals surface area contributed by atoms with Crippen LogP contribution in [0.4, 0.5) is 0 Å². The van der Waals surface area contributed by atoms with E-state index >= 15 is 0 Å². The second-order valence-electron chi connectivity index (χ2n) is 7.73. The fraction of sp³-hybridized carbons (Fsp3) is 0.273. The van der Waals surface area contributed by atoms with Crippen LogP contribution in [0.15, 0.2) is 30.7 Å². The van der Waals surface area contributed by atoms with Crippen molar-refractivity contribution in [2.45, 2.75) is 19.4 Å². The van der Waals surface area contributed by atoms with E-state index in [-0.39, 0.29) is 17.8 Å². The number of carbonyl (C=O) groups excluding carboxylic acids is 1. The predicted molar refractivity (Wildman–Crippen MR) is 122 cm³/mol. The highest BCUT2D eigenvalue weighted by Crippen LogP contribution is 2.45. The number of carbonyl (C=O) groups is 1. The van der Waals surface area contributed by atoms with Gasteiger partial charge in [-0.05, 0) is 19.1 Å². The van der Waals surface area contributed by atoms with Crippen molar-refractivity contribution < 1.29 is 9.53 Å². The number of aromatic amines is 1. The number of H-pyrrole nitrogens is 1. The number of amides is 1. The van der Waals surface area contributed by atoms with Crippen LogP contribution in [-0.2, 0) is 13.5 Å². The summed E-state index contributed by atoms with van der Waals surface area (Å²) in [7, 11) is 3.39. The summed E-state index contributed by atoms with van der Waals surface area (Å²) in [5.41, 5.74) is 4.45. The zero-order chi connectivity index (χ0) is 22.6. The molecule has 3 aromatic heterocycles. The van der Waals surface area contributed by atoms with Gasteiger partial charge < -0.3 is 14.6 Å². The quantitative estimate of drug-likeness (QED) is 0.478. The molecule has 4 heterocycles. The number of rotatable bonds is 3. The molecule has 0 saturated carbocycles.